The van der Waals surface area contributed by atoms with E-state index in [1.165, 1.54) is 4.88 Å². The van der Waals surface area contributed by atoms with Gasteiger partial charge in [0.05, 0.1) is 3.79 Å². The van der Waals surface area contributed by atoms with Crippen molar-refractivity contribution in [2.75, 3.05) is 12.4 Å². The van der Waals surface area contributed by atoms with Crippen molar-refractivity contribution in [2.24, 2.45) is 0 Å². The average Bonchev–Trinajstić information content (AvgIpc) is 2.75. The standard InChI is InChI=1S/C13H12Br2N2OS/c1-16-13(18)8-2-4-9(5-3-8)17-7-10-6-11(14)12(15)19-10/h2-6,17H,7H2,1H3,(H,16,18). The number of hydrogen-bond donors (Lipinski definition) is 2. The van der Waals surface area contributed by atoms with Crippen LogP contribution in [0.5, 0.6) is 0 Å². The summed E-state index contributed by atoms with van der Waals surface area (Å²) in [7, 11) is 1.63. The van der Waals surface area contributed by atoms with Crippen molar-refractivity contribution in [3.05, 3.63) is 49.0 Å². The molecular weight excluding hydrogens is 392 g/mol. The normalized spacial score (nSPS) is 10.3. The third kappa shape index (κ3) is 3.81. The van der Waals surface area contributed by atoms with Crippen LogP contribution in [0, 0.1) is 0 Å². The van der Waals surface area contributed by atoms with Crippen molar-refractivity contribution >= 4 is 54.8 Å². The van der Waals surface area contributed by atoms with E-state index >= 15 is 0 Å². The first kappa shape index (κ1) is 14.6. The molecule has 19 heavy (non-hydrogen) atoms. The Morgan fingerprint density at radius 1 is 1.26 bits per heavy atom. The van der Waals surface area contributed by atoms with Crippen LogP contribution in [0.3, 0.4) is 0 Å². The molecule has 2 aromatic rings. The Morgan fingerprint density at radius 3 is 2.47 bits per heavy atom. The summed E-state index contributed by atoms with van der Waals surface area (Å²) in [5.41, 5.74) is 1.66. The van der Waals surface area contributed by atoms with E-state index < -0.39 is 0 Å². The monoisotopic (exact) mass is 402 g/mol. The number of halogens is 2. The number of nitrogens with one attached hydrogen (secondary N) is 2. The Kier molecular flexibility index (Phi) is 5.01. The molecule has 1 aromatic heterocycles. The van der Waals surface area contributed by atoms with Gasteiger partial charge in [-0.1, -0.05) is 0 Å². The van der Waals surface area contributed by atoms with Gasteiger partial charge in [-0.25, -0.2) is 0 Å². The zero-order valence-electron chi connectivity index (χ0n) is 10.2. The topological polar surface area (TPSA) is 41.1 Å². The molecule has 0 aliphatic carbocycles. The van der Waals surface area contributed by atoms with Crippen molar-refractivity contribution in [1.29, 1.82) is 0 Å². The van der Waals surface area contributed by atoms with Gasteiger partial charge in [0, 0.05) is 34.2 Å². The van der Waals surface area contributed by atoms with Gasteiger partial charge in [0.25, 0.3) is 5.91 Å². The van der Waals surface area contributed by atoms with Gasteiger partial charge in [0.2, 0.25) is 0 Å². The number of benzene rings is 1. The summed E-state index contributed by atoms with van der Waals surface area (Å²) in [6, 6.07) is 9.51. The lowest BCUT2D eigenvalue weighted by atomic mass is 10.2. The predicted molar refractivity (Wildman–Crippen MR) is 86.9 cm³/mol. The molecule has 0 fully saturated rings. The van der Waals surface area contributed by atoms with Gasteiger partial charge in [-0.3, -0.25) is 4.79 Å². The van der Waals surface area contributed by atoms with Gasteiger partial charge in [0.15, 0.2) is 0 Å². The fraction of sp³-hybridized carbons (Fsp3) is 0.154. The summed E-state index contributed by atoms with van der Waals surface area (Å²) < 4.78 is 2.17. The summed E-state index contributed by atoms with van der Waals surface area (Å²) in [6.07, 6.45) is 0. The van der Waals surface area contributed by atoms with Crippen LogP contribution in [0.15, 0.2) is 38.6 Å². The molecule has 0 saturated carbocycles. The number of hydrogen-bond acceptors (Lipinski definition) is 3. The lowest BCUT2D eigenvalue weighted by Crippen LogP contribution is -2.17. The molecule has 0 bridgehead atoms. The number of anilines is 1. The van der Waals surface area contributed by atoms with Gasteiger partial charge >= 0.3 is 0 Å². The molecule has 0 aliphatic rings. The molecule has 100 valence electrons. The summed E-state index contributed by atoms with van der Waals surface area (Å²) >= 11 is 8.63. The molecule has 2 N–H and O–H groups in total. The second-order valence-electron chi connectivity index (χ2n) is 3.84. The van der Waals surface area contributed by atoms with E-state index in [-0.39, 0.29) is 5.91 Å². The molecular formula is C13H12Br2N2OS. The summed E-state index contributed by atoms with van der Waals surface area (Å²) in [4.78, 5) is 12.6. The Morgan fingerprint density at radius 2 is 1.95 bits per heavy atom. The van der Waals surface area contributed by atoms with Crippen LogP contribution in [0.25, 0.3) is 0 Å². The van der Waals surface area contributed by atoms with E-state index in [1.54, 1.807) is 30.5 Å². The second-order valence-corrected chi connectivity index (χ2v) is 7.15. The SMILES string of the molecule is CNC(=O)c1ccc(NCc2cc(Br)c(Br)s2)cc1. The highest BCUT2D eigenvalue weighted by molar-refractivity contribution is 9.13. The molecule has 1 heterocycles. The van der Waals surface area contributed by atoms with Gasteiger partial charge in [-0.2, -0.15) is 0 Å². The zero-order chi connectivity index (χ0) is 13.8. The summed E-state index contributed by atoms with van der Waals surface area (Å²) in [5.74, 6) is -0.0716. The van der Waals surface area contributed by atoms with Crippen LogP contribution >= 0.6 is 43.2 Å². The van der Waals surface area contributed by atoms with Crippen molar-refractivity contribution in [3.63, 3.8) is 0 Å². The second kappa shape index (κ2) is 6.54. The fourth-order valence-electron chi connectivity index (χ4n) is 1.55. The Hall–Kier alpha value is -0.850. The Bertz CT molecular complexity index is 561. The van der Waals surface area contributed by atoms with Gasteiger partial charge < -0.3 is 10.6 Å². The maximum absolute atomic E-state index is 11.4. The van der Waals surface area contributed by atoms with E-state index in [1.807, 2.05) is 12.1 Å². The van der Waals surface area contributed by atoms with E-state index in [0.29, 0.717) is 5.56 Å². The lowest BCUT2D eigenvalue weighted by Gasteiger charge is -2.05. The molecule has 0 radical (unpaired) electrons. The van der Waals surface area contributed by atoms with Gasteiger partial charge in [0.1, 0.15) is 0 Å². The molecule has 0 atom stereocenters. The van der Waals surface area contributed by atoms with Crippen LogP contribution in [-0.2, 0) is 6.54 Å². The first-order chi connectivity index (χ1) is 9.10. The third-order valence-electron chi connectivity index (χ3n) is 2.54. The maximum atomic E-state index is 11.4. The van der Waals surface area contributed by atoms with Crippen molar-refractivity contribution in [3.8, 4) is 0 Å². The average molecular weight is 404 g/mol. The molecule has 0 aliphatic heterocycles. The molecule has 1 aromatic carbocycles. The number of thiophene rings is 1. The highest BCUT2D eigenvalue weighted by atomic mass is 79.9. The van der Waals surface area contributed by atoms with E-state index in [0.717, 1.165) is 20.5 Å². The maximum Gasteiger partial charge on any atom is 0.251 e. The minimum Gasteiger partial charge on any atom is -0.380 e. The molecule has 3 nitrogen and oxygen atoms in total. The Labute approximate surface area is 132 Å². The van der Waals surface area contributed by atoms with Crippen molar-refractivity contribution in [2.45, 2.75) is 6.54 Å². The number of carbonyl (C=O) groups is 1. The van der Waals surface area contributed by atoms with Crippen LogP contribution in [0.4, 0.5) is 5.69 Å². The quantitative estimate of drug-likeness (QED) is 0.801. The molecule has 0 unspecified atom stereocenters. The smallest absolute Gasteiger partial charge is 0.251 e. The summed E-state index contributed by atoms with van der Waals surface area (Å²) in [6.45, 7) is 0.758. The molecule has 2 rings (SSSR count). The number of carbonyl (C=O) groups excluding carboxylic acids is 1. The molecule has 1 amide bonds. The van der Waals surface area contributed by atoms with E-state index in [4.69, 9.17) is 0 Å². The van der Waals surface area contributed by atoms with Crippen molar-refractivity contribution in [1.82, 2.24) is 5.32 Å². The summed E-state index contributed by atoms with van der Waals surface area (Å²) in [5, 5.41) is 5.92. The largest absolute Gasteiger partial charge is 0.380 e. The zero-order valence-corrected chi connectivity index (χ0v) is 14.2. The minimum atomic E-state index is -0.0716. The van der Waals surface area contributed by atoms with Crippen LogP contribution < -0.4 is 10.6 Å². The lowest BCUT2D eigenvalue weighted by molar-refractivity contribution is 0.0963. The van der Waals surface area contributed by atoms with Crippen molar-refractivity contribution < 1.29 is 4.79 Å². The van der Waals surface area contributed by atoms with Crippen LogP contribution in [-0.4, -0.2) is 13.0 Å². The minimum absolute atomic E-state index is 0.0716. The number of rotatable bonds is 4. The molecule has 0 saturated heterocycles. The fourth-order valence-corrected chi connectivity index (χ4v) is 3.67. The van der Waals surface area contributed by atoms with Crippen LogP contribution in [0.2, 0.25) is 0 Å². The van der Waals surface area contributed by atoms with E-state index in [2.05, 4.69) is 48.6 Å². The van der Waals surface area contributed by atoms with Gasteiger partial charge in [-0.05, 0) is 62.2 Å². The first-order valence-corrected chi connectivity index (χ1v) is 8.00. The highest BCUT2D eigenvalue weighted by Gasteiger charge is 2.05. The molecule has 0 spiro atoms. The predicted octanol–water partition coefficient (Wildman–Crippen LogP) is 4.24. The first-order valence-electron chi connectivity index (χ1n) is 5.60. The van der Waals surface area contributed by atoms with E-state index in [9.17, 15) is 4.79 Å². The highest BCUT2D eigenvalue weighted by Crippen LogP contribution is 2.32. The Balaban J connectivity index is 1.98. The van der Waals surface area contributed by atoms with Crippen LogP contribution in [0.1, 0.15) is 15.2 Å². The van der Waals surface area contributed by atoms with Gasteiger partial charge in [-0.15, -0.1) is 11.3 Å². The molecule has 6 heteroatoms. The third-order valence-corrected chi connectivity index (χ3v) is 5.79. The number of amides is 1.